The second-order valence-electron chi connectivity index (χ2n) is 6.62. The third-order valence-electron chi connectivity index (χ3n) is 4.89. The molecular formula is C16H24N6O. The summed E-state index contributed by atoms with van der Waals surface area (Å²) in [5.74, 6) is 0.998. The number of piperazine rings is 1. The van der Waals surface area contributed by atoms with Gasteiger partial charge in [0, 0.05) is 38.8 Å². The Bertz CT molecular complexity index is 653. The van der Waals surface area contributed by atoms with Gasteiger partial charge in [0.25, 0.3) is 0 Å². The molecule has 0 spiro atoms. The molecule has 0 saturated carbocycles. The Balaban J connectivity index is 1.40. The van der Waals surface area contributed by atoms with Crippen LogP contribution in [0.3, 0.4) is 0 Å². The number of rotatable bonds is 3. The maximum absolute atomic E-state index is 5.88. The largest absolute Gasteiger partial charge is 0.377 e. The number of hydrogen-bond acceptors (Lipinski definition) is 6. The first-order chi connectivity index (χ1) is 11.3. The monoisotopic (exact) mass is 316 g/mol. The molecule has 2 unspecified atom stereocenters. The fourth-order valence-electron chi connectivity index (χ4n) is 3.65. The minimum Gasteiger partial charge on any atom is -0.377 e. The number of fused-ring (bicyclic) bond motifs is 1. The lowest BCUT2D eigenvalue weighted by molar-refractivity contribution is -0.00826. The van der Waals surface area contributed by atoms with Crippen LogP contribution in [-0.4, -0.2) is 69.6 Å². The van der Waals surface area contributed by atoms with Gasteiger partial charge < -0.3 is 9.64 Å². The summed E-state index contributed by atoms with van der Waals surface area (Å²) >= 11 is 0. The summed E-state index contributed by atoms with van der Waals surface area (Å²) in [6.45, 7) is 7.38. The highest BCUT2D eigenvalue weighted by atomic mass is 16.5. The third-order valence-corrected chi connectivity index (χ3v) is 4.89. The first-order valence-corrected chi connectivity index (χ1v) is 8.57. The van der Waals surface area contributed by atoms with Gasteiger partial charge >= 0.3 is 0 Å². The van der Waals surface area contributed by atoms with Crippen LogP contribution in [0.5, 0.6) is 0 Å². The summed E-state index contributed by atoms with van der Waals surface area (Å²) in [7, 11) is 0. The highest BCUT2D eigenvalue weighted by Gasteiger charge is 2.27. The Hall–Kier alpha value is -1.73. The summed E-state index contributed by atoms with van der Waals surface area (Å²) in [6, 6.07) is 4.46. The predicted octanol–water partition coefficient (Wildman–Crippen LogP) is 1.20. The van der Waals surface area contributed by atoms with Crippen LogP contribution in [0, 0.1) is 0 Å². The molecule has 2 atom stereocenters. The van der Waals surface area contributed by atoms with Gasteiger partial charge in [-0.1, -0.05) is 0 Å². The van der Waals surface area contributed by atoms with E-state index in [1.807, 2.05) is 12.1 Å². The zero-order chi connectivity index (χ0) is 15.6. The van der Waals surface area contributed by atoms with Crippen LogP contribution in [-0.2, 0) is 4.74 Å². The van der Waals surface area contributed by atoms with E-state index in [2.05, 4.69) is 32.0 Å². The Kier molecular flexibility index (Phi) is 4.13. The predicted molar refractivity (Wildman–Crippen MR) is 87.6 cm³/mol. The van der Waals surface area contributed by atoms with Crippen molar-refractivity contribution in [2.45, 2.75) is 38.3 Å². The van der Waals surface area contributed by atoms with Crippen LogP contribution < -0.4 is 4.90 Å². The minimum atomic E-state index is 0.425. The summed E-state index contributed by atoms with van der Waals surface area (Å²) in [5, 5.41) is 12.5. The number of anilines is 1. The minimum absolute atomic E-state index is 0.425. The van der Waals surface area contributed by atoms with Gasteiger partial charge in [-0.2, -0.15) is 4.52 Å². The second-order valence-corrected chi connectivity index (χ2v) is 6.62. The molecule has 2 fully saturated rings. The molecule has 2 aromatic heterocycles. The van der Waals surface area contributed by atoms with Gasteiger partial charge in [-0.25, -0.2) is 0 Å². The molecule has 0 radical (unpaired) electrons. The molecule has 0 N–H and O–H groups in total. The lowest BCUT2D eigenvalue weighted by Gasteiger charge is -2.41. The Morgan fingerprint density at radius 1 is 1.26 bits per heavy atom. The SMILES string of the molecule is CC1CN(CC2CCCCO2)CCN1c1ccc2nncn2n1. The summed E-state index contributed by atoms with van der Waals surface area (Å²) < 4.78 is 7.62. The Morgan fingerprint density at radius 2 is 2.22 bits per heavy atom. The third kappa shape index (κ3) is 3.16. The molecular weight excluding hydrogens is 292 g/mol. The van der Waals surface area contributed by atoms with Crippen molar-refractivity contribution in [3.63, 3.8) is 0 Å². The topological polar surface area (TPSA) is 58.8 Å². The van der Waals surface area contributed by atoms with Crippen LogP contribution in [0.4, 0.5) is 5.82 Å². The zero-order valence-electron chi connectivity index (χ0n) is 13.6. The maximum Gasteiger partial charge on any atom is 0.177 e. The molecule has 7 heteroatoms. The first kappa shape index (κ1) is 14.8. The maximum atomic E-state index is 5.88. The van der Waals surface area contributed by atoms with Crippen molar-refractivity contribution in [3.05, 3.63) is 18.5 Å². The molecule has 2 aliphatic rings. The van der Waals surface area contributed by atoms with Gasteiger partial charge in [0.15, 0.2) is 5.65 Å². The quantitative estimate of drug-likeness (QED) is 0.848. The van der Waals surface area contributed by atoms with Crippen molar-refractivity contribution < 1.29 is 4.74 Å². The molecule has 2 saturated heterocycles. The number of nitrogens with zero attached hydrogens (tertiary/aromatic N) is 6. The van der Waals surface area contributed by atoms with Crippen LogP contribution >= 0.6 is 0 Å². The van der Waals surface area contributed by atoms with Crippen LogP contribution in [0.2, 0.25) is 0 Å². The van der Waals surface area contributed by atoms with Gasteiger partial charge in [-0.05, 0) is 38.3 Å². The molecule has 0 aromatic carbocycles. The first-order valence-electron chi connectivity index (χ1n) is 8.57. The molecule has 0 amide bonds. The average Bonchev–Trinajstić information content (AvgIpc) is 3.03. The fourth-order valence-corrected chi connectivity index (χ4v) is 3.65. The van der Waals surface area contributed by atoms with Gasteiger partial charge in [0.2, 0.25) is 0 Å². The summed E-state index contributed by atoms with van der Waals surface area (Å²) in [6.07, 6.45) is 5.82. The van der Waals surface area contributed by atoms with Crippen LogP contribution in [0.15, 0.2) is 18.5 Å². The van der Waals surface area contributed by atoms with E-state index >= 15 is 0 Å². The molecule has 0 aliphatic carbocycles. The van der Waals surface area contributed by atoms with Gasteiger partial charge in [0.05, 0.1) is 6.10 Å². The molecule has 7 nitrogen and oxygen atoms in total. The Morgan fingerprint density at radius 3 is 3.04 bits per heavy atom. The van der Waals surface area contributed by atoms with Crippen molar-refractivity contribution in [1.29, 1.82) is 0 Å². The smallest absolute Gasteiger partial charge is 0.177 e. The number of hydrogen-bond donors (Lipinski definition) is 0. The van der Waals surface area contributed by atoms with Crippen molar-refractivity contribution in [3.8, 4) is 0 Å². The van der Waals surface area contributed by atoms with Crippen LogP contribution in [0.25, 0.3) is 5.65 Å². The molecule has 2 aromatic rings. The van der Waals surface area contributed by atoms with E-state index in [0.29, 0.717) is 12.1 Å². The summed E-state index contributed by atoms with van der Waals surface area (Å²) in [4.78, 5) is 4.91. The van der Waals surface area contributed by atoms with E-state index in [4.69, 9.17) is 4.74 Å². The Labute approximate surface area is 136 Å². The van der Waals surface area contributed by atoms with E-state index in [-0.39, 0.29) is 0 Å². The van der Waals surface area contributed by atoms with E-state index in [9.17, 15) is 0 Å². The van der Waals surface area contributed by atoms with E-state index < -0.39 is 0 Å². The fraction of sp³-hybridized carbons (Fsp3) is 0.688. The molecule has 23 heavy (non-hydrogen) atoms. The highest BCUT2D eigenvalue weighted by Crippen LogP contribution is 2.20. The lowest BCUT2D eigenvalue weighted by atomic mass is 10.1. The van der Waals surface area contributed by atoms with E-state index in [1.54, 1.807) is 10.8 Å². The molecule has 2 aliphatic heterocycles. The number of ether oxygens (including phenoxy) is 1. The van der Waals surface area contributed by atoms with Gasteiger partial charge in [-0.15, -0.1) is 15.3 Å². The second kappa shape index (κ2) is 6.41. The van der Waals surface area contributed by atoms with E-state index in [1.165, 1.54) is 19.3 Å². The summed E-state index contributed by atoms with van der Waals surface area (Å²) in [5.41, 5.74) is 0.787. The zero-order valence-corrected chi connectivity index (χ0v) is 13.6. The van der Waals surface area contributed by atoms with Gasteiger partial charge in [-0.3, -0.25) is 4.90 Å². The van der Waals surface area contributed by atoms with Gasteiger partial charge in [0.1, 0.15) is 12.1 Å². The average molecular weight is 316 g/mol. The highest BCUT2D eigenvalue weighted by molar-refractivity contribution is 5.46. The molecule has 4 rings (SSSR count). The number of aromatic nitrogens is 4. The molecule has 124 valence electrons. The van der Waals surface area contributed by atoms with Crippen LogP contribution in [0.1, 0.15) is 26.2 Å². The van der Waals surface area contributed by atoms with E-state index in [0.717, 1.165) is 44.3 Å². The molecule has 4 heterocycles. The van der Waals surface area contributed by atoms with Crippen molar-refractivity contribution in [2.24, 2.45) is 0 Å². The standard InChI is InChI=1S/C16H24N6O/c1-13-10-20(11-14-4-2-3-9-23-14)7-8-21(13)16-6-5-15-18-17-12-22(15)19-16/h5-6,12-14H,2-4,7-11H2,1H3. The van der Waals surface area contributed by atoms with Crippen molar-refractivity contribution in [1.82, 2.24) is 24.7 Å². The van der Waals surface area contributed by atoms with Crippen molar-refractivity contribution >= 4 is 11.5 Å². The normalized spacial score (nSPS) is 26.7. The lowest BCUT2D eigenvalue weighted by Crippen LogP contribution is -2.54. The van der Waals surface area contributed by atoms with Crippen molar-refractivity contribution in [2.75, 3.05) is 37.7 Å². The molecule has 0 bridgehead atoms.